The quantitative estimate of drug-likeness (QED) is 0.888. The minimum absolute atomic E-state index is 0.281. The molecule has 1 N–H and O–H groups in total. The van der Waals surface area contributed by atoms with Crippen LogP contribution in [0.15, 0.2) is 24.3 Å². The van der Waals surface area contributed by atoms with E-state index in [2.05, 4.69) is 0 Å². The average molecular weight is 264 g/mol. The molecule has 5 heteroatoms. The number of amides is 2. The second-order valence-electron chi connectivity index (χ2n) is 4.27. The largest absolute Gasteiger partial charge is 0.480 e. The van der Waals surface area contributed by atoms with Crippen molar-refractivity contribution >= 4 is 17.7 Å². The van der Waals surface area contributed by atoms with Crippen LogP contribution in [0.4, 0.5) is 10.5 Å². The molecule has 5 nitrogen and oxygen atoms in total. The molecule has 104 valence electrons. The standard InChI is InChI=1S/C14H20N2O3/c1-4-15(5-2)14(19)16(10-13(17)18)12-8-6-11(3)7-9-12/h6-9H,4-5,10H2,1-3H3,(H,17,18). The van der Waals surface area contributed by atoms with Gasteiger partial charge in [0.15, 0.2) is 0 Å². The first-order valence-corrected chi connectivity index (χ1v) is 6.34. The van der Waals surface area contributed by atoms with E-state index in [1.54, 1.807) is 17.0 Å². The van der Waals surface area contributed by atoms with Crippen molar-refractivity contribution in [2.24, 2.45) is 0 Å². The maximum absolute atomic E-state index is 12.3. The van der Waals surface area contributed by atoms with E-state index < -0.39 is 5.97 Å². The van der Waals surface area contributed by atoms with Gasteiger partial charge in [-0.2, -0.15) is 0 Å². The molecule has 2 amide bonds. The Kier molecular flexibility index (Phi) is 5.36. The molecule has 0 saturated carbocycles. The zero-order valence-corrected chi connectivity index (χ0v) is 11.6. The van der Waals surface area contributed by atoms with Crippen LogP contribution in [-0.4, -0.2) is 41.6 Å². The number of urea groups is 1. The fourth-order valence-electron chi connectivity index (χ4n) is 1.79. The van der Waals surface area contributed by atoms with Crippen LogP contribution < -0.4 is 4.90 Å². The molecule has 0 fully saturated rings. The summed E-state index contributed by atoms with van der Waals surface area (Å²) in [5, 5.41) is 8.96. The number of rotatable bonds is 5. The summed E-state index contributed by atoms with van der Waals surface area (Å²) in [7, 11) is 0. The van der Waals surface area contributed by atoms with Crippen molar-refractivity contribution in [3.63, 3.8) is 0 Å². The number of aryl methyl sites for hydroxylation is 1. The molecule has 1 rings (SSSR count). The van der Waals surface area contributed by atoms with Gasteiger partial charge in [0.25, 0.3) is 0 Å². The van der Waals surface area contributed by atoms with Crippen LogP contribution >= 0.6 is 0 Å². The lowest BCUT2D eigenvalue weighted by Crippen LogP contribution is -2.45. The zero-order chi connectivity index (χ0) is 14.4. The molecule has 0 spiro atoms. The van der Waals surface area contributed by atoms with Gasteiger partial charge in [0.1, 0.15) is 6.54 Å². The van der Waals surface area contributed by atoms with Gasteiger partial charge in [0.05, 0.1) is 0 Å². The average Bonchev–Trinajstić information content (AvgIpc) is 2.38. The summed E-state index contributed by atoms with van der Waals surface area (Å²) in [6.45, 7) is 6.45. The smallest absolute Gasteiger partial charge is 0.325 e. The highest BCUT2D eigenvalue weighted by Crippen LogP contribution is 2.17. The van der Waals surface area contributed by atoms with E-state index in [4.69, 9.17) is 5.11 Å². The molecule has 19 heavy (non-hydrogen) atoms. The van der Waals surface area contributed by atoms with Crippen molar-refractivity contribution in [3.8, 4) is 0 Å². The first-order valence-electron chi connectivity index (χ1n) is 6.34. The lowest BCUT2D eigenvalue weighted by molar-refractivity contribution is -0.135. The molecule has 1 aromatic carbocycles. The SMILES string of the molecule is CCN(CC)C(=O)N(CC(=O)O)c1ccc(C)cc1. The van der Waals surface area contributed by atoms with Gasteiger partial charge in [-0.25, -0.2) is 4.79 Å². The van der Waals surface area contributed by atoms with Gasteiger partial charge in [0, 0.05) is 18.8 Å². The lowest BCUT2D eigenvalue weighted by Gasteiger charge is -2.28. The second kappa shape index (κ2) is 6.78. The van der Waals surface area contributed by atoms with Gasteiger partial charge in [-0.15, -0.1) is 0 Å². The van der Waals surface area contributed by atoms with Crippen LogP contribution in [0, 0.1) is 6.92 Å². The third-order valence-corrected chi connectivity index (χ3v) is 2.90. The van der Waals surface area contributed by atoms with Crippen LogP contribution in [0.1, 0.15) is 19.4 Å². The van der Waals surface area contributed by atoms with Gasteiger partial charge in [0.2, 0.25) is 0 Å². The zero-order valence-electron chi connectivity index (χ0n) is 11.6. The topological polar surface area (TPSA) is 60.9 Å². The van der Waals surface area contributed by atoms with E-state index in [0.29, 0.717) is 18.8 Å². The Labute approximate surface area is 113 Å². The van der Waals surface area contributed by atoms with Crippen LogP contribution in [0.3, 0.4) is 0 Å². The van der Waals surface area contributed by atoms with E-state index >= 15 is 0 Å². The van der Waals surface area contributed by atoms with Crippen LogP contribution in [0.25, 0.3) is 0 Å². The summed E-state index contributed by atoms with van der Waals surface area (Å²) in [4.78, 5) is 26.1. The van der Waals surface area contributed by atoms with Crippen LogP contribution in [-0.2, 0) is 4.79 Å². The van der Waals surface area contributed by atoms with Crippen molar-refractivity contribution in [2.75, 3.05) is 24.5 Å². The number of carbonyl (C=O) groups excluding carboxylic acids is 1. The summed E-state index contributed by atoms with van der Waals surface area (Å²) >= 11 is 0. The van der Waals surface area contributed by atoms with Gasteiger partial charge in [-0.05, 0) is 32.9 Å². The normalized spacial score (nSPS) is 10.1. The predicted octanol–water partition coefficient (Wildman–Crippen LogP) is 2.35. The monoisotopic (exact) mass is 264 g/mol. The number of benzene rings is 1. The van der Waals surface area contributed by atoms with Crippen molar-refractivity contribution in [1.29, 1.82) is 0 Å². The number of anilines is 1. The third kappa shape index (κ3) is 3.98. The van der Waals surface area contributed by atoms with Gasteiger partial charge in [-0.1, -0.05) is 17.7 Å². The maximum Gasteiger partial charge on any atom is 0.325 e. The molecule has 0 aromatic heterocycles. The number of carboxylic acid groups (broad SMARTS) is 1. The molecular weight excluding hydrogens is 244 g/mol. The van der Waals surface area contributed by atoms with Gasteiger partial charge < -0.3 is 10.0 Å². The van der Waals surface area contributed by atoms with Gasteiger partial charge >= 0.3 is 12.0 Å². The van der Waals surface area contributed by atoms with Crippen molar-refractivity contribution in [2.45, 2.75) is 20.8 Å². The molecule has 0 radical (unpaired) electrons. The summed E-state index contributed by atoms with van der Waals surface area (Å²) in [5.41, 5.74) is 1.67. The summed E-state index contributed by atoms with van der Waals surface area (Å²) in [5.74, 6) is -1.03. The molecule has 0 bridgehead atoms. The van der Waals surface area contributed by atoms with Crippen LogP contribution in [0.2, 0.25) is 0 Å². The van der Waals surface area contributed by atoms with Crippen LogP contribution in [0.5, 0.6) is 0 Å². The van der Waals surface area contributed by atoms with E-state index in [1.165, 1.54) is 4.90 Å². The highest BCUT2D eigenvalue weighted by atomic mass is 16.4. The third-order valence-electron chi connectivity index (χ3n) is 2.90. The number of hydrogen-bond acceptors (Lipinski definition) is 2. The Morgan fingerprint density at radius 2 is 1.63 bits per heavy atom. The summed E-state index contributed by atoms with van der Waals surface area (Å²) < 4.78 is 0. The number of carboxylic acids is 1. The molecular formula is C14H20N2O3. The van der Waals surface area contributed by atoms with E-state index in [1.807, 2.05) is 32.9 Å². The molecule has 0 heterocycles. The first kappa shape index (κ1) is 15.0. The first-order chi connectivity index (χ1) is 8.99. The van der Waals surface area contributed by atoms with E-state index in [0.717, 1.165) is 5.56 Å². The summed E-state index contributed by atoms with van der Waals surface area (Å²) in [6.07, 6.45) is 0. The van der Waals surface area contributed by atoms with Gasteiger partial charge in [-0.3, -0.25) is 9.69 Å². The number of hydrogen-bond donors (Lipinski definition) is 1. The Hall–Kier alpha value is -2.04. The minimum atomic E-state index is -1.03. The predicted molar refractivity (Wildman–Crippen MR) is 74.5 cm³/mol. The Balaban J connectivity index is 3.03. The van der Waals surface area contributed by atoms with Crippen molar-refractivity contribution < 1.29 is 14.7 Å². The molecule has 1 aromatic rings. The highest BCUT2D eigenvalue weighted by Gasteiger charge is 2.22. The number of nitrogens with zero attached hydrogens (tertiary/aromatic N) is 2. The fraction of sp³-hybridized carbons (Fsp3) is 0.429. The number of aliphatic carboxylic acids is 1. The van der Waals surface area contributed by atoms with Crippen molar-refractivity contribution in [3.05, 3.63) is 29.8 Å². The summed E-state index contributed by atoms with van der Waals surface area (Å²) in [6, 6.07) is 6.97. The Morgan fingerprint density at radius 3 is 2.05 bits per heavy atom. The fourth-order valence-corrected chi connectivity index (χ4v) is 1.79. The molecule has 0 atom stereocenters. The molecule has 0 unspecified atom stereocenters. The molecule has 0 saturated heterocycles. The Morgan fingerprint density at radius 1 is 1.11 bits per heavy atom. The molecule has 0 aliphatic carbocycles. The Bertz CT molecular complexity index is 439. The van der Waals surface area contributed by atoms with Crippen molar-refractivity contribution in [1.82, 2.24) is 4.90 Å². The molecule has 0 aliphatic rings. The lowest BCUT2D eigenvalue weighted by atomic mass is 10.2. The highest BCUT2D eigenvalue weighted by molar-refractivity contribution is 5.96. The maximum atomic E-state index is 12.3. The number of carbonyl (C=O) groups is 2. The van der Waals surface area contributed by atoms with E-state index in [9.17, 15) is 9.59 Å². The van der Waals surface area contributed by atoms with E-state index in [-0.39, 0.29) is 12.6 Å². The minimum Gasteiger partial charge on any atom is -0.480 e. The second-order valence-corrected chi connectivity index (χ2v) is 4.27. The molecule has 0 aliphatic heterocycles.